The van der Waals surface area contributed by atoms with Crippen LogP contribution in [0.25, 0.3) is 33.4 Å². The fourth-order valence-corrected chi connectivity index (χ4v) is 5.86. The number of halogens is 6. The zero-order valence-electron chi connectivity index (χ0n) is 19.6. The van der Waals surface area contributed by atoms with Crippen molar-refractivity contribution in [3.8, 4) is 28.2 Å². The standard InChI is InChI=1S/C25H9Cl6NO9/c26-9-5-8(25(39)41-32-12(33)1-2-13(32)34)17(29)16(15(9)24(37)38)14-6-3-10(27)20(35)18(30)22(6)40-23-7(14)4-11(28)21(36)19(23)31/h3-5,35H,1-2H2,(H,37,38). The number of nitrogens with zero attached hydrogens (tertiary/aromatic N) is 1. The number of benzene rings is 3. The normalized spacial score (nSPS) is 13.5. The van der Waals surface area contributed by atoms with Gasteiger partial charge in [-0.15, -0.1) is 5.06 Å². The summed E-state index contributed by atoms with van der Waals surface area (Å²) in [6.07, 6.45) is -0.375. The highest BCUT2D eigenvalue weighted by molar-refractivity contribution is 6.44. The molecule has 0 atom stereocenters. The van der Waals surface area contributed by atoms with E-state index in [4.69, 9.17) is 78.9 Å². The van der Waals surface area contributed by atoms with Gasteiger partial charge in [0.05, 0.1) is 31.2 Å². The molecule has 0 spiro atoms. The first-order chi connectivity index (χ1) is 19.2. The zero-order valence-corrected chi connectivity index (χ0v) is 24.1. The van der Waals surface area contributed by atoms with Crippen molar-refractivity contribution >= 4 is 104 Å². The number of aromatic carboxylic acids is 1. The Labute approximate surface area is 257 Å². The minimum absolute atomic E-state index is 0.0630. The van der Waals surface area contributed by atoms with Crippen LogP contribution in [0, 0.1) is 0 Å². The number of imide groups is 1. The Morgan fingerprint density at radius 1 is 0.829 bits per heavy atom. The van der Waals surface area contributed by atoms with Crippen molar-refractivity contribution in [3.05, 3.63) is 69.7 Å². The van der Waals surface area contributed by atoms with Crippen LogP contribution >= 0.6 is 69.6 Å². The second-order valence-corrected chi connectivity index (χ2v) is 10.8. The molecule has 0 unspecified atom stereocenters. The molecule has 5 rings (SSSR count). The quantitative estimate of drug-likeness (QED) is 0.170. The van der Waals surface area contributed by atoms with Crippen molar-refractivity contribution in [2.24, 2.45) is 0 Å². The predicted molar refractivity (Wildman–Crippen MR) is 150 cm³/mol. The Morgan fingerprint density at radius 3 is 2.07 bits per heavy atom. The summed E-state index contributed by atoms with van der Waals surface area (Å²) in [4.78, 5) is 67.1. The number of carbonyl (C=O) groups excluding carboxylic acids is 3. The number of hydrogen-bond donors (Lipinski definition) is 2. The van der Waals surface area contributed by atoms with Gasteiger partial charge in [0.2, 0.25) is 5.43 Å². The van der Waals surface area contributed by atoms with Gasteiger partial charge in [-0.3, -0.25) is 14.4 Å². The van der Waals surface area contributed by atoms with Crippen LogP contribution in [0.4, 0.5) is 0 Å². The van der Waals surface area contributed by atoms with E-state index in [1.807, 2.05) is 0 Å². The molecule has 2 aromatic rings. The lowest BCUT2D eigenvalue weighted by Gasteiger charge is -2.21. The summed E-state index contributed by atoms with van der Waals surface area (Å²) >= 11 is 37.8. The summed E-state index contributed by atoms with van der Waals surface area (Å²) in [5, 5.41) is 17.9. The molecule has 1 fully saturated rings. The van der Waals surface area contributed by atoms with Crippen LogP contribution in [0.3, 0.4) is 0 Å². The molecule has 0 bridgehead atoms. The third-order valence-corrected chi connectivity index (χ3v) is 8.06. The van der Waals surface area contributed by atoms with E-state index in [9.17, 15) is 34.2 Å². The highest BCUT2D eigenvalue weighted by Gasteiger charge is 2.36. The average molecular weight is 680 g/mol. The maximum atomic E-state index is 13.1. The number of phenols is 1. The third-order valence-electron chi connectivity index (χ3n) is 6.10. The number of phenolic OH excluding ortho intramolecular Hbond substituents is 1. The van der Waals surface area contributed by atoms with Crippen LogP contribution in [0.15, 0.2) is 27.4 Å². The van der Waals surface area contributed by atoms with E-state index >= 15 is 0 Å². The van der Waals surface area contributed by atoms with Crippen LogP contribution in [-0.2, 0) is 14.4 Å². The van der Waals surface area contributed by atoms with Gasteiger partial charge in [0.1, 0.15) is 10.0 Å². The van der Waals surface area contributed by atoms with Crippen molar-refractivity contribution in [3.63, 3.8) is 0 Å². The monoisotopic (exact) mass is 677 g/mol. The number of rotatable bonds is 4. The molecule has 0 radical (unpaired) electrons. The molecule has 2 aliphatic heterocycles. The van der Waals surface area contributed by atoms with Crippen LogP contribution in [0.5, 0.6) is 5.75 Å². The van der Waals surface area contributed by atoms with Crippen molar-refractivity contribution < 1.29 is 38.6 Å². The smallest absolute Gasteiger partial charge is 0.365 e. The van der Waals surface area contributed by atoms with Crippen molar-refractivity contribution in [2.45, 2.75) is 12.8 Å². The van der Waals surface area contributed by atoms with Gasteiger partial charge < -0.3 is 19.5 Å². The molecular weight excluding hydrogens is 671 g/mol. The number of carbonyl (C=O) groups is 4. The maximum Gasteiger partial charge on any atom is 0.365 e. The summed E-state index contributed by atoms with van der Waals surface area (Å²) < 4.78 is 5.76. The molecule has 2 amide bonds. The Hall–Kier alpha value is -3.25. The van der Waals surface area contributed by atoms with Gasteiger partial charge >= 0.3 is 11.9 Å². The second-order valence-electron chi connectivity index (χ2n) is 8.49. The molecule has 16 heteroatoms. The molecule has 41 heavy (non-hydrogen) atoms. The fourth-order valence-electron chi connectivity index (χ4n) is 4.27. The molecule has 10 nitrogen and oxygen atoms in total. The van der Waals surface area contributed by atoms with E-state index in [-0.39, 0.29) is 50.8 Å². The highest BCUT2D eigenvalue weighted by Crippen LogP contribution is 2.51. The topological polar surface area (TPSA) is 151 Å². The predicted octanol–water partition coefficient (Wildman–Crippen LogP) is 7.11. The van der Waals surface area contributed by atoms with Crippen molar-refractivity contribution in [1.82, 2.24) is 5.06 Å². The van der Waals surface area contributed by atoms with Crippen molar-refractivity contribution in [1.29, 1.82) is 0 Å². The molecule has 2 aromatic carbocycles. The highest BCUT2D eigenvalue weighted by atomic mass is 35.5. The first kappa shape index (κ1) is 29.2. The van der Waals surface area contributed by atoms with E-state index in [0.717, 1.165) is 18.2 Å². The van der Waals surface area contributed by atoms with Crippen LogP contribution < -0.4 is 5.43 Å². The number of aromatic hydroxyl groups is 1. The fraction of sp³-hybridized carbons (Fsp3) is 0.0800. The van der Waals surface area contributed by atoms with E-state index < -0.39 is 76.7 Å². The lowest BCUT2D eigenvalue weighted by Crippen LogP contribution is -2.32. The Balaban J connectivity index is 1.94. The van der Waals surface area contributed by atoms with Gasteiger partial charge in [-0.25, -0.2) is 9.59 Å². The number of hydrogen-bond acceptors (Lipinski definition) is 8. The summed E-state index contributed by atoms with van der Waals surface area (Å²) in [6, 6.07) is 3.15. The summed E-state index contributed by atoms with van der Waals surface area (Å²) in [7, 11) is 0. The third kappa shape index (κ3) is 4.64. The number of amides is 2. The maximum absolute atomic E-state index is 13.1. The van der Waals surface area contributed by atoms with Crippen LogP contribution in [0.2, 0.25) is 30.1 Å². The molecule has 0 aromatic heterocycles. The summed E-state index contributed by atoms with van der Waals surface area (Å²) in [5.74, 6) is -5.43. The van der Waals surface area contributed by atoms with Gasteiger partial charge in [-0.05, 0) is 18.2 Å². The van der Waals surface area contributed by atoms with Gasteiger partial charge in [0.25, 0.3) is 11.8 Å². The molecule has 3 aliphatic rings. The van der Waals surface area contributed by atoms with Crippen LogP contribution in [0.1, 0.15) is 33.6 Å². The molecule has 2 heterocycles. The molecule has 2 N–H and O–H groups in total. The Bertz CT molecular complexity index is 1900. The lowest BCUT2D eigenvalue weighted by atomic mass is 9.89. The average Bonchev–Trinajstić information content (AvgIpc) is 3.23. The first-order valence-electron chi connectivity index (χ1n) is 11.0. The first-order valence-corrected chi connectivity index (χ1v) is 13.3. The van der Waals surface area contributed by atoms with Gasteiger partial charge in [-0.2, -0.15) is 0 Å². The molecule has 1 aliphatic carbocycles. The zero-order chi connectivity index (χ0) is 30.1. The minimum atomic E-state index is -1.60. The van der Waals surface area contributed by atoms with E-state index in [2.05, 4.69) is 0 Å². The summed E-state index contributed by atoms with van der Waals surface area (Å²) in [6.45, 7) is 0. The molecule has 0 saturated carbocycles. The Morgan fingerprint density at radius 2 is 1.46 bits per heavy atom. The lowest BCUT2D eigenvalue weighted by molar-refractivity contribution is -0.172. The van der Waals surface area contributed by atoms with E-state index in [1.54, 1.807) is 0 Å². The van der Waals surface area contributed by atoms with Gasteiger partial charge in [-0.1, -0.05) is 69.6 Å². The largest absolute Gasteiger partial charge is 0.505 e. The molecular formula is C25H9Cl6NO9. The number of carboxylic acid groups (broad SMARTS) is 1. The van der Waals surface area contributed by atoms with E-state index in [0.29, 0.717) is 0 Å². The molecule has 210 valence electrons. The number of carboxylic acids is 1. The SMILES string of the molecule is O=C(ON1C(=O)CCC1=O)c1cc(Cl)c(C(=O)O)c(-c2c3cc(Cl)c(=O)c(Cl)c-3oc3c(Cl)c(O)c(Cl)cc23)c1Cl. The molecule has 1 saturated heterocycles. The van der Waals surface area contributed by atoms with Crippen LogP contribution in [-0.4, -0.2) is 39.0 Å². The van der Waals surface area contributed by atoms with Gasteiger partial charge in [0, 0.05) is 34.9 Å². The van der Waals surface area contributed by atoms with E-state index in [1.165, 1.54) is 0 Å². The Kier molecular flexibility index (Phi) is 7.52. The second kappa shape index (κ2) is 10.5. The minimum Gasteiger partial charge on any atom is -0.505 e. The van der Waals surface area contributed by atoms with Crippen molar-refractivity contribution in [2.75, 3.05) is 0 Å². The number of fused-ring (bicyclic) bond motifs is 2. The number of hydroxylamine groups is 2. The van der Waals surface area contributed by atoms with Gasteiger partial charge in [0.15, 0.2) is 17.1 Å². The summed E-state index contributed by atoms with van der Waals surface area (Å²) in [5.41, 5.74) is -2.99.